The molecule has 0 saturated carbocycles. The maximum absolute atomic E-state index is 6.16. The largest absolute Gasteiger partial charge is 0.318 e. The quantitative estimate of drug-likeness (QED) is 0.398. The van der Waals surface area contributed by atoms with Crippen molar-refractivity contribution in [2.75, 3.05) is 0 Å². The molecule has 0 bridgehead atoms. The summed E-state index contributed by atoms with van der Waals surface area (Å²) in [6, 6.07) is 15.3. The average molecular weight is 407 g/mol. The van der Waals surface area contributed by atoms with Gasteiger partial charge in [0.05, 0.1) is 12.8 Å². The number of nitrogens with zero attached hydrogens (tertiary/aromatic N) is 2. The molecule has 0 aliphatic carbocycles. The molecule has 2 aromatic carbocycles. The van der Waals surface area contributed by atoms with Crippen LogP contribution in [0.2, 0.25) is 15.1 Å². The van der Waals surface area contributed by atoms with Gasteiger partial charge in [-0.15, -0.1) is 0 Å². The topological polar surface area (TPSA) is 29.3 Å². The zero-order chi connectivity index (χ0) is 18.7. The van der Waals surface area contributed by atoms with Gasteiger partial charge in [0.2, 0.25) is 0 Å². The van der Waals surface area contributed by atoms with Crippen molar-refractivity contribution in [2.24, 2.45) is 5.10 Å². The Morgan fingerprint density at radius 2 is 1.69 bits per heavy atom. The maximum atomic E-state index is 6.16. The number of nitrogens with one attached hydrogen (secondary N) is 1. The van der Waals surface area contributed by atoms with Gasteiger partial charge >= 0.3 is 0 Å². The summed E-state index contributed by atoms with van der Waals surface area (Å²) in [6.45, 7) is 4.57. The van der Waals surface area contributed by atoms with Crippen LogP contribution in [0.1, 0.15) is 22.5 Å². The molecule has 0 aliphatic heterocycles. The van der Waals surface area contributed by atoms with Crippen molar-refractivity contribution in [3.05, 3.63) is 86.1 Å². The first-order chi connectivity index (χ1) is 12.5. The highest BCUT2D eigenvalue weighted by molar-refractivity contribution is 6.36. The first-order valence-corrected chi connectivity index (χ1v) is 9.24. The first kappa shape index (κ1) is 18.8. The van der Waals surface area contributed by atoms with Crippen molar-refractivity contribution in [1.82, 2.24) is 9.99 Å². The molecular formula is C20H18Cl3N3. The van der Waals surface area contributed by atoms with Crippen molar-refractivity contribution >= 4 is 41.0 Å². The third-order valence-corrected chi connectivity index (χ3v) is 5.09. The molecule has 0 amide bonds. The molecule has 134 valence electrons. The van der Waals surface area contributed by atoms with Gasteiger partial charge in [0, 0.05) is 43.3 Å². The Morgan fingerprint density at radius 3 is 2.38 bits per heavy atom. The molecule has 26 heavy (non-hydrogen) atoms. The molecule has 3 nitrogen and oxygen atoms in total. The lowest BCUT2D eigenvalue weighted by Gasteiger charge is -2.09. The van der Waals surface area contributed by atoms with E-state index in [0.717, 1.165) is 28.2 Å². The maximum Gasteiger partial charge on any atom is 0.0609 e. The minimum Gasteiger partial charge on any atom is -0.318 e. The Morgan fingerprint density at radius 1 is 1.00 bits per heavy atom. The van der Waals surface area contributed by atoms with Gasteiger partial charge in [-0.3, -0.25) is 0 Å². The van der Waals surface area contributed by atoms with Crippen LogP contribution >= 0.6 is 34.8 Å². The van der Waals surface area contributed by atoms with E-state index in [-0.39, 0.29) is 0 Å². The minimum atomic E-state index is 0.460. The number of hydrogen-bond acceptors (Lipinski definition) is 2. The van der Waals surface area contributed by atoms with Gasteiger partial charge in [-0.05, 0) is 50.2 Å². The molecular weight excluding hydrogens is 389 g/mol. The molecule has 1 aromatic heterocycles. The summed E-state index contributed by atoms with van der Waals surface area (Å²) in [5.41, 5.74) is 8.10. The van der Waals surface area contributed by atoms with E-state index in [1.165, 1.54) is 0 Å². The van der Waals surface area contributed by atoms with Gasteiger partial charge in [-0.2, -0.15) is 5.10 Å². The second-order valence-corrected chi connectivity index (χ2v) is 7.19. The van der Waals surface area contributed by atoms with Crippen LogP contribution in [0.25, 0.3) is 5.69 Å². The minimum absolute atomic E-state index is 0.460. The summed E-state index contributed by atoms with van der Waals surface area (Å²) in [7, 11) is 0. The zero-order valence-electron chi connectivity index (χ0n) is 14.4. The van der Waals surface area contributed by atoms with Crippen LogP contribution in [0.15, 0.2) is 53.6 Å². The predicted molar refractivity (Wildman–Crippen MR) is 111 cm³/mol. The summed E-state index contributed by atoms with van der Waals surface area (Å²) < 4.78 is 2.15. The van der Waals surface area contributed by atoms with Crippen molar-refractivity contribution < 1.29 is 0 Å². The highest BCUT2D eigenvalue weighted by atomic mass is 35.5. The van der Waals surface area contributed by atoms with Crippen LogP contribution in [0.4, 0.5) is 0 Å². The molecule has 0 unspecified atom stereocenters. The van der Waals surface area contributed by atoms with E-state index in [2.05, 4.69) is 35.0 Å². The highest BCUT2D eigenvalue weighted by Crippen LogP contribution is 2.24. The van der Waals surface area contributed by atoms with Crippen molar-refractivity contribution in [1.29, 1.82) is 0 Å². The van der Waals surface area contributed by atoms with E-state index in [4.69, 9.17) is 34.8 Å². The molecule has 0 saturated heterocycles. The summed E-state index contributed by atoms with van der Waals surface area (Å²) in [6.07, 6.45) is 1.80. The Hall–Kier alpha value is -1.94. The van der Waals surface area contributed by atoms with Crippen LogP contribution in [0.3, 0.4) is 0 Å². The molecule has 0 atom stereocenters. The fourth-order valence-corrected chi connectivity index (χ4v) is 3.59. The summed E-state index contributed by atoms with van der Waals surface area (Å²) in [5.74, 6) is 0. The zero-order valence-corrected chi connectivity index (χ0v) is 16.7. The lowest BCUT2D eigenvalue weighted by atomic mass is 10.2. The Kier molecular flexibility index (Phi) is 5.92. The lowest BCUT2D eigenvalue weighted by Crippen LogP contribution is -2.07. The van der Waals surface area contributed by atoms with Crippen LogP contribution in [0.5, 0.6) is 0 Å². The molecule has 1 heterocycles. The summed E-state index contributed by atoms with van der Waals surface area (Å²) >= 11 is 18.5. The van der Waals surface area contributed by atoms with Crippen molar-refractivity contribution in [2.45, 2.75) is 20.4 Å². The van der Waals surface area contributed by atoms with E-state index >= 15 is 0 Å². The number of aryl methyl sites for hydroxylation is 1. The SMILES string of the molecule is Cc1cc(/C=N/NCc2c(Cl)cccc2Cl)c(C)n1-c1cccc(Cl)c1. The second-order valence-electron chi connectivity index (χ2n) is 5.94. The van der Waals surface area contributed by atoms with Crippen LogP contribution in [0, 0.1) is 13.8 Å². The third-order valence-electron chi connectivity index (χ3n) is 4.15. The monoisotopic (exact) mass is 405 g/mol. The average Bonchev–Trinajstić information content (AvgIpc) is 2.87. The lowest BCUT2D eigenvalue weighted by molar-refractivity contribution is 0.748. The van der Waals surface area contributed by atoms with Crippen molar-refractivity contribution in [3.8, 4) is 5.69 Å². The molecule has 6 heteroatoms. The molecule has 0 spiro atoms. The van der Waals surface area contributed by atoms with E-state index in [1.807, 2.05) is 42.5 Å². The van der Waals surface area contributed by atoms with Gasteiger partial charge in [-0.1, -0.05) is 46.9 Å². The van der Waals surface area contributed by atoms with Gasteiger partial charge in [0.25, 0.3) is 0 Å². The number of benzene rings is 2. The van der Waals surface area contributed by atoms with Gasteiger partial charge in [0.1, 0.15) is 0 Å². The van der Waals surface area contributed by atoms with Crippen LogP contribution in [-0.4, -0.2) is 10.8 Å². The Bertz CT molecular complexity index is 941. The number of rotatable bonds is 5. The fourth-order valence-electron chi connectivity index (χ4n) is 2.87. The Labute approximate surface area is 168 Å². The van der Waals surface area contributed by atoms with E-state index in [1.54, 1.807) is 6.21 Å². The number of hydrogen-bond donors (Lipinski definition) is 1. The number of aromatic nitrogens is 1. The van der Waals surface area contributed by atoms with Crippen LogP contribution in [-0.2, 0) is 6.54 Å². The number of hydrazone groups is 1. The normalized spacial score (nSPS) is 11.3. The van der Waals surface area contributed by atoms with Gasteiger partial charge < -0.3 is 9.99 Å². The highest BCUT2D eigenvalue weighted by Gasteiger charge is 2.10. The molecule has 1 N–H and O–H groups in total. The molecule has 3 aromatic rings. The summed E-state index contributed by atoms with van der Waals surface area (Å²) in [4.78, 5) is 0. The van der Waals surface area contributed by atoms with E-state index in [0.29, 0.717) is 21.6 Å². The van der Waals surface area contributed by atoms with Crippen LogP contribution < -0.4 is 5.43 Å². The Balaban J connectivity index is 1.77. The first-order valence-electron chi connectivity index (χ1n) is 8.11. The second kappa shape index (κ2) is 8.17. The predicted octanol–water partition coefficient (Wildman–Crippen LogP) is 6.18. The third kappa shape index (κ3) is 4.07. The molecule has 3 rings (SSSR count). The van der Waals surface area contributed by atoms with Gasteiger partial charge in [0.15, 0.2) is 0 Å². The van der Waals surface area contributed by atoms with E-state index < -0.39 is 0 Å². The fraction of sp³-hybridized carbons (Fsp3) is 0.150. The summed E-state index contributed by atoms with van der Waals surface area (Å²) in [5, 5.41) is 6.27. The molecule has 0 fully saturated rings. The standard InChI is InChI=1S/C20H18Cl3N3/c1-13-9-15(14(2)26(13)17-6-3-5-16(21)10-17)11-24-25-12-18-19(22)7-4-8-20(18)23/h3-11,25H,12H2,1-2H3/b24-11+. The van der Waals surface area contributed by atoms with E-state index in [9.17, 15) is 0 Å². The number of halogens is 3. The molecule has 0 aliphatic rings. The molecule has 0 radical (unpaired) electrons. The van der Waals surface area contributed by atoms with Crippen molar-refractivity contribution in [3.63, 3.8) is 0 Å². The smallest absolute Gasteiger partial charge is 0.0609 e. The van der Waals surface area contributed by atoms with Gasteiger partial charge in [-0.25, -0.2) is 0 Å².